The molecule has 5 unspecified atom stereocenters. The monoisotopic (exact) mass is 654 g/mol. The molecule has 0 amide bonds. The topological polar surface area (TPSA) is 103 Å². The highest BCUT2D eigenvalue weighted by atomic mass is 32.2. The number of aryl methyl sites for hydroxylation is 2. The van der Waals surface area contributed by atoms with Gasteiger partial charge in [0.2, 0.25) is 10.0 Å². The van der Waals surface area contributed by atoms with Gasteiger partial charge in [-0.15, -0.1) is 0 Å². The maximum absolute atomic E-state index is 13.9. The smallest absolute Gasteiger partial charge is 0.216 e. The molecule has 2 saturated heterocycles. The standard InChI is InChI=1S/C37H58N4O4S/c1-25-10-8-11-26(2)34(25)32-21-33-39-35(38-32)40-46(43,44)31-13-9-12-28(20-31)23-41(30(24-45-33)22-36(3,4)5)19-18-27-14-16-29(17-15-27)37(6,7)42/h8,10-11,14-17,28,30-33,35,38-40,42H,9,12-13,18-24H2,1-7H3/t28?,30-,31?,32?,33?,35?/m1/s1. The molecule has 1 saturated carbocycles. The van der Waals surface area contributed by atoms with Crippen molar-refractivity contribution in [2.24, 2.45) is 11.3 Å². The van der Waals surface area contributed by atoms with Gasteiger partial charge in [0.15, 0.2) is 0 Å². The molecule has 5 rings (SSSR count). The predicted molar refractivity (Wildman–Crippen MR) is 186 cm³/mol. The zero-order valence-corrected chi connectivity index (χ0v) is 29.9. The van der Waals surface area contributed by atoms with Crippen LogP contribution in [0.1, 0.15) is 107 Å². The summed E-state index contributed by atoms with van der Waals surface area (Å²) in [4.78, 5) is 2.60. The van der Waals surface area contributed by atoms with E-state index in [9.17, 15) is 13.5 Å². The summed E-state index contributed by atoms with van der Waals surface area (Å²) in [6, 6.07) is 14.8. The fraction of sp³-hybridized carbons (Fsp3) is 0.676. The molecule has 3 aliphatic rings. The molecule has 2 aromatic carbocycles. The van der Waals surface area contributed by atoms with E-state index < -0.39 is 27.2 Å². The van der Waals surface area contributed by atoms with E-state index in [0.29, 0.717) is 31.8 Å². The van der Waals surface area contributed by atoms with E-state index >= 15 is 0 Å². The molecule has 2 aromatic rings. The molecule has 0 spiro atoms. The summed E-state index contributed by atoms with van der Waals surface area (Å²) in [5, 5.41) is 17.1. The zero-order valence-electron chi connectivity index (χ0n) is 29.1. The van der Waals surface area contributed by atoms with Gasteiger partial charge in [-0.1, -0.05) is 69.7 Å². The Morgan fingerprint density at radius 3 is 2.30 bits per heavy atom. The summed E-state index contributed by atoms with van der Waals surface area (Å²) in [6.45, 7) is 17.1. The van der Waals surface area contributed by atoms with Crippen molar-refractivity contribution in [2.75, 3.05) is 19.7 Å². The van der Waals surface area contributed by atoms with Crippen LogP contribution in [0.3, 0.4) is 0 Å². The second-order valence-electron chi connectivity index (χ2n) is 15.9. The Labute approximate surface area is 278 Å². The summed E-state index contributed by atoms with van der Waals surface area (Å²) in [7, 11) is -3.57. The molecule has 4 bridgehead atoms. The van der Waals surface area contributed by atoms with Gasteiger partial charge in [0.25, 0.3) is 0 Å². The molecular weight excluding hydrogens is 596 g/mol. The number of sulfonamides is 1. The van der Waals surface area contributed by atoms with Crippen LogP contribution in [-0.2, 0) is 26.8 Å². The molecule has 2 aliphatic heterocycles. The first-order chi connectivity index (χ1) is 21.6. The van der Waals surface area contributed by atoms with Crippen molar-refractivity contribution in [1.29, 1.82) is 0 Å². The molecule has 1 aliphatic carbocycles. The Bertz CT molecular complexity index is 1400. The Balaban J connectivity index is 1.45. The lowest BCUT2D eigenvalue weighted by molar-refractivity contribution is -0.0499. The number of benzene rings is 2. The highest BCUT2D eigenvalue weighted by molar-refractivity contribution is 7.90. The van der Waals surface area contributed by atoms with Gasteiger partial charge in [-0.05, 0) is 98.9 Å². The first-order valence-electron chi connectivity index (χ1n) is 17.3. The molecule has 2 heterocycles. The van der Waals surface area contributed by atoms with Crippen LogP contribution in [0.4, 0.5) is 0 Å². The van der Waals surface area contributed by atoms with Gasteiger partial charge in [0.05, 0.1) is 17.5 Å². The maximum atomic E-state index is 13.9. The minimum Gasteiger partial charge on any atom is -0.386 e. The number of nitrogens with one attached hydrogen (secondary N) is 3. The third kappa shape index (κ3) is 9.19. The Hall–Kier alpha value is -1.85. The van der Waals surface area contributed by atoms with Crippen molar-refractivity contribution < 1.29 is 18.3 Å². The number of hydrogen-bond donors (Lipinski definition) is 4. The molecule has 9 heteroatoms. The van der Waals surface area contributed by atoms with E-state index in [0.717, 1.165) is 44.3 Å². The van der Waals surface area contributed by atoms with Crippen LogP contribution >= 0.6 is 0 Å². The van der Waals surface area contributed by atoms with Crippen LogP contribution in [-0.4, -0.2) is 61.9 Å². The van der Waals surface area contributed by atoms with Gasteiger partial charge >= 0.3 is 0 Å². The summed E-state index contributed by atoms with van der Waals surface area (Å²) in [5.41, 5.74) is 4.98. The average molecular weight is 655 g/mol. The lowest BCUT2D eigenvalue weighted by Gasteiger charge is -2.41. The van der Waals surface area contributed by atoms with Crippen molar-refractivity contribution in [2.45, 2.75) is 129 Å². The Morgan fingerprint density at radius 1 is 0.957 bits per heavy atom. The number of ether oxygens (including phenoxy) is 1. The minimum atomic E-state index is -3.57. The molecule has 8 nitrogen and oxygen atoms in total. The number of rotatable bonds is 6. The quantitative estimate of drug-likeness (QED) is 0.321. The van der Waals surface area contributed by atoms with Crippen LogP contribution in [0.2, 0.25) is 0 Å². The number of hydrogen-bond acceptors (Lipinski definition) is 7. The lowest BCUT2D eigenvalue weighted by Crippen LogP contribution is -2.64. The summed E-state index contributed by atoms with van der Waals surface area (Å²) >= 11 is 0. The third-order valence-electron chi connectivity index (χ3n) is 10.2. The Morgan fingerprint density at radius 2 is 1.65 bits per heavy atom. The second kappa shape index (κ2) is 14.3. The predicted octanol–water partition coefficient (Wildman–Crippen LogP) is 5.62. The van der Waals surface area contributed by atoms with E-state index in [2.05, 4.69) is 85.2 Å². The van der Waals surface area contributed by atoms with E-state index in [-0.39, 0.29) is 23.7 Å². The van der Waals surface area contributed by atoms with Crippen molar-refractivity contribution in [3.8, 4) is 0 Å². The lowest BCUT2D eigenvalue weighted by atomic mass is 9.85. The van der Waals surface area contributed by atoms with Gasteiger partial charge in [-0.2, -0.15) is 4.72 Å². The largest absolute Gasteiger partial charge is 0.386 e. The van der Waals surface area contributed by atoms with E-state index in [1.54, 1.807) is 0 Å². The van der Waals surface area contributed by atoms with Crippen molar-refractivity contribution in [3.05, 3.63) is 70.3 Å². The minimum absolute atomic E-state index is 0.0478. The molecule has 4 N–H and O–H groups in total. The Kier molecular flexibility index (Phi) is 11.0. The van der Waals surface area contributed by atoms with Gasteiger partial charge in [0, 0.05) is 31.6 Å². The molecule has 0 aromatic heterocycles. The van der Waals surface area contributed by atoms with Gasteiger partial charge < -0.3 is 9.84 Å². The van der Waals surface area contributed by atoms with Crippen molar-refractivity contribution in [3.63, 3.8) is 0 Å². The van der Waals surface area contributed by atoms with E-state index in [1.165, 1.54) is 22.3 Å². The van der Waals surface area contributed by atoms with Crippen LogP contribution in [0.15, 0.2) is 42.5 Å². The fourth-order valence-electron chi connectivity index (χ4n) is 7.83. The first-order valence-corrected chi connectivity index (χ1v) is 18.9. The highest BCUT2D eigenvalue weighted by Gasteiger charge is 2.39. The maximum Gasteiger partial charge on any atom is 0.216 e. The van der Waals surface area contributed by atoms with E-state index in [4.69, 9.17) is 4.74 Å². The summed E-state index contributed by atoms with van der Waals surface area (Å²) < 4.78 is 37.5. The van der Waals surface area contributed by atoms with E-state index in [1.807, 2.05) is 26.0 Å². The molecule has 46 heavy (non-hydrogen) atoms. The van der Waals surface area contributed by atoms with Crippen LogP contribution < -0.4 is 15.4 Å². The zero-order chi connectivity index (χ0) is 33.3. The van der Waals surface area contributed by atoms with Crippen LogP contribution in [0, 0.1) is 25.2 Å². The number of fused-ring (bicyclic) bond motifs is 4. The first kappa shape index (κ1) is 35.5. The molecule has 0 radical (unpaired) electrons. The fourth-order valence-corrected chi connectivity index (χ4v) is 9.49. The number of nitrogens with zero attached hydrogens (tertiary/aromatic N) is 1. The average Bonchev–Trinajstić information content (AvgIpc) is 2.96. The molecule has 256 valence electrons. The summed E-state index contributed by atoms with van der Waals surface area (Å²) in [5.74, 6) is 0.304. The summed E-state index contributed by atoms with van der Waals surface area (Å²) in [6.07, 6.45) is 4.96. The van der Waals surface area contributed by atoms with Gasteiger partial charge in [-0.3, -0.25) is 15.5 Å². The SMILES string of the molecule is Cc1cccc(C)c1C1CC2NC(N1)NS(=O)(=O)C1CCCC(C1)CN(CCc1ccc(C(C)(C)O)cc1)[C@H](CC(C)(C)C)CO2. The highest BCUT2D eigenvalue weighted by Crippen LogP contribution is 2.34. The van der Waals surface area contributed by atoms with Gasteiger partial charge in [0.1, 0.15) is 12.5 Å². The molecule has 3 fully saturated rings. The van der Waals surface area contributed by atoms with Gasteiger partial charge in [-0.25, -0.2) is 8.42 Å². The molecule has 6 atom stereocenters. The van der Waals surface area contributed by atoms with Crippen molar-refractivity contribution >= 4 is 10.0 Å². The molecular formula is C37H58N4O4S. The van der Waals surface area contributed by atoms with Crippen LogP contribution in [0.5, 0.6) is 0 Å². The van der Waals surface area contributed by atoms with Crippen molar-refractivity contribution in [1.82, 2.24) is 20.3 Å². The third-order valence-corrected chi connectivity index (χ3v) is 12.1. The van der Waals surface area contributed by atoms with Crippen LogP contribution in [0.25, 0.3) is 0 Å². The normalized spacial score (nSPS) is 29.7. The second-order valence-corrected chi connectivity index (χ2v) is 17.9. The number of aliphatic hydroxyl groups is 1.